The monoisotopic (exact) mass is 492 g/mol. The molecule has 3 heterocycles. The lowest BCUT2D eigenvalue weighted by Gasteiger charge is -2.11. The molecule has 11 heteroatoms. The number of nitro groups is 1. The maximum atomic E-state index is 11.1. The van der Waals surface area contributed by atoms with Crippen LogP contribution in [-0.2, 0) is 5.75 Å². The quantitative estimate of drug-likeness (QED) is 0.128. The first-order valence-electron chi connectivity index (χ1n) is 10.5. The minimum Gasteiger partial charge on any atom is -0.474 e. The van der Waals surface area contributed by atoms with Crippen LogP contribution in [0.1, 0.15) is 11.1 Å². The van der Waals surface area contributed by atoms with E-state index in [0.29, 0.717) is 23.9 Å². The Balaban J connectivity index is 1.17. The molecule has 5 rings (SSSR count). The van der Waals surface area contributed by atoms with Gasteiger partial charge < -0.3 is 19.8 Å². The van der Waals surface area contributed by atoms with E-state index < -0.39 is 4.92 Å². The lowest BCUT2D eigenvalue weighted by molar-refractivity contribution is -0.391. The molecule has 0 spiro atoms. The summed E-state index contributed by atoms with van der Waals surface area (Å²) in [7, 11) is 0. The number of thioether (sulfide) groups is 2. The molecule has 1 N–H and O–H groups in total. The summed E-state index contributed by atoms with van der Waals surface area (Å²) in [6.07, 6.45) is 1.18. The largest absolute Gasteiger partial charge is 0.474 e. The Morgan fingerprint density at radius 1 is 1.12 bits per heavy atom. The van der Waals surface area contributed by atoms with Crippen molar-refractivity contribution in [3.63, 3.8) is 0 Å². The number of fused-ring (bicyclic) bond motifs is 2. The third-order valence-electron chi connectivity index (χ3n) is 5.23. The Morgan fingerprint density at radius 2 is 2.00 bits per heavy atom. The Hall–Kier alpha value is -3.57. The van der Waals surface area contributed by atoms with E-state index in [1.165, 1.54) is 26.7 Å². The number of benzene rings is 2. The number of ether oxygens (including phenoxy) is 1. The zero-order valence-corrected chi connectivity index (χ0v) is 19.8. The number of H-pyrrole nitrogens is 1. The van der Waals surface area contributed by atoms with Gasteiger partial charge in [0.05, 0.1) is 17.6 Å². The van der Waals surface area contributed by atoms with Crippen LogP contribution in [-0.4, -0.2) is 41.8 Å². The van der Waals surface area contributed by atoms with Crippen molar-refractivity contribution in [3.05, 3.63) is 82.0 Å². The molecular weight excluding hydrogens is 472 g/mol. The van der Waals surface area contributed by atoms with E-state index in [9.17, 15) is 10.1 Å². The van der Waals surface area contributed by atoms with Crippen LogP contribution in [0.3, 0.4) is 0 Å². The first-order valence-corrected chi connectivity index (χ1v) is 12.5. The molecule has 0 saturated carbocycles. The molecule has 0 radical (unpaired) electrons. The van der Waals surface area contributed by atoms with Gasteiger partial charge in [0.2, 0.25) is 5.65 Å². The van der Waals surface area contributed by atoms with Gasteiger partial charge in [0, 0.05) is 28.5 Å². The van der Waals surface area contributed by atoms with E-state index in [1.807, 2.05) is 24.3 Å². The molecule has 172 valence electrons. The van der Waals surface area contributed by atoms with Gasteiger partial charge in [0.25, 0.3) is 5.88 Å². The van der Waals surface area contributed by atoms with E-state index in [0.717, 1.165) is 21.9 Å². The van der Waals surface area contributed by atoms with Crippen LogP contribution in [0.15, 0.2) is 70.8 Å². The van der Waals surface area contributed by atoms with Gasteiger partial charge >= 0.3 is 5.82 Å². The molecule has 0 atom stereocenters. The highest BCUT2D eigenvalue weighted by Crippen LogP contribution is 2.29. The fraction of sp³-hybridized carbons (Fsp3) is 0.174. The normalized spacial score (nSPS) is 11.3. The second kappa shape index (κ2) is 9.74. The fourth-order valence-electron chi connectivity index (χ4n) is 3.46. The molecule has 5 aromatic rings. The summed E-state index contributed by atoms with van der Waals surface area (Å²) in [5, 5.41) is 16.2. The SMILES string of the molecule is Cc1c(CSc2nc3ccccc3[nH]2)cccc1SCCOc1ccc2ncc([N+](=O)[O-])n2n1. The van der Waals surface area contributed by atoms with Gasteiger partial charge in [-0.25, -0.2) is 9.97 Å². The van der Waals surface area contributed by atoms with E-state index >= 15 is 0 Å². The van der Waals surface area contributed by atoms with Crippen molar-refractivity contribution >= 4 is 46.0 Å². The summed E-state index contributed by atoms with van der Waals surface area (Å²) in [4.78, 5) is 23.7. The van der Waals surface area contributed by atoms with E-state index in [4.69, 9.17) is 4.74 Å². The molecule has 0 bridgehead atoms. The number of hydrogen-bond acceptors (Lipinski definition) is 8. The number of aromatic nitrogens is 5. The highest BCUT2D eigenvalue weighted by molar-refractivity contribution is 7.99. The Morgan fingerprint density at radius 3 is 2.85 bits per heavy atom. The summed E-state index contributed by atoms with van der Waals surface area (Å²) >= 11 is 3.39. The molecule has 34 heavy (non-hydrogen) atoms. The lowest BCUT2D eigenvalue weighted by atomic mass is 10.1. The van der Waals surface area contributed by atoms with E-state index in [1.54, 1.807) is 35.7 Å². The molecule has 2 aromatic carbocycles. The topological polar surface area (TPSA) is 111 Å². The van der Waals surface area contributed by atoms with Crippen LogP contribution in [0, 0.1) is 17.0 Å². The first-order chi connectivity index (χ1) is 16.6. The maximum absolute atomic E-state index is 11.1. The molecule has 0 aliphatic rings. The molecule has 0 fully saturated rings. The molecule has 3 aromatic heterocycles. The van der Waals surface area contributed by atoms with Gasteiger partial charge in [-0.05, 0) is 46.3 Å². The third kappa shape index (κ3) is 4.70. The van der Waals surface area contributed by atoms with E-state index in [-0.39, 0.29) is 5.82 Å². The van der Waals surface area contributed by atoms with Crippen molar-refractivity contribution in [1.29, 1.82) is 0 Å². The highest BCUT2D eigenvalue weighted by atomic mass is 32.2. The zero-order valence-electron chi connectivity index (χ0n) is 18.2. The van der Waals surface area contributed by atoms with Crippen molar-refractivity contribution < 1.29 is 9.66 Å². The van der Waals surface area contributed by atoms with Gasteiger partial charge in [-0.15, -0.1) is 11.8 Å². The Labute approximate surface area is 203 Å². The van der Waals surface area contributed by atoms with Crippen LogP contribution >= 0.6 is 23.5 Å². The first kappa shape index (κ1) is 22.2. The average molecular weight is 493 g/mol. The van der Waals surface area contributed by atoms with Crippen LogP contribution < -0.4 is 4.74 Å². The fourth-order valence-corrected chi connectivity index (χ4v) is 5.32. The maximum Gasteiger partial charge on any atom is 0.368 e. The molecule has 0 saturated heterocycles. The predicted octanol–water partition coefficient (Wildman–Crippen LogP) is 5.29. The second-order valence-corrected chi connectivity index (χ2v) is 9.50. The average Bonchev–Trinajstić information content (AvgIpc) is 3.45. The second-order valence-electron chi connectivity index (χ2n) is 7.40. The molecular formula is C23H20N6O3S2. The van der Waals surface area contributed by atoms with Crippen molar-refractivity contribution in [2.75, 3.05) is 12.4 Å². The summed E-state index contributed by atoms with van der Waals surface area (Å²) in [5.74, 6) is 1.67. The lowest BCUT2D eigenvalue weighted by Crippen LogP contribution is -2.05. The number of nitrogens with zero attached hydrogens (tertiary/aromatic N) is 5. The summed E-state index contributed by atoms with van der Waals surface area (Å²) in [6, 6.07) is 17.6. The Bertz CT molecular complexity index is 1450. The van der Waals surface area contributed by atoms with Crippen molar-refractivity contribution in [3.8, 4) is 5.88 Å². The standard InChI is InChI=1S/C23H20N6O3S2/c1-15-16(14-34-23-25-17-6-2-3-7-18(17)26-23)5-4-8-19(15)33-12-11-32-21-10-9-20-24-13-22(29(30)31)28(20)27-21/h2-10,13H,11-12,14H2,1H3,(H,25,26). The van der Waals surface area contributed by atoms with Gasteiger partial charge in [0.1, 0.15) is 6.20 Å². The molecule has 0 unspecified atom stereocenters. The van der Waals surface area contributed by atoms with Gasteiger partial charge in [0.15, 0.2) is 5.16 Å². The zero-order chi connectivity index (χ0) is 23.5. The highest BCUT2D eigenvalue weighted by Gasteiger charge is 2.16. The number of nitrogens with one attached hydrogen (secondary N) is 1. The molecule has 9 nitrogen and oxygen atoms in total. The van der Waals surface area contributed by atoms with Crippen LogP contribution in [0.5, 0.6) is 5.88 Å². The van der Waals surface area contributed by atoms with Gasteiger partial charge in [-0.3, -0.25) is 0 Å². The van der Waals surface area contributed by atoms with Gasteiger partial charge in [-0.2, -0.15) is 0 Å². The number of rotatable bonds is 9. The summed E-state index contributed by atoms with van der Waals surface area (Å²) < 4.78 is 6.90. The number of imidazole rings is 2. The van der Waals surface area contributed by atoms with Crippen LogP contribution in [0.2, 0.25) is 0 Å². The molecule has 0 amide bonds. The van der Waals surface area contributed by atoms with E-state index in [2.05, 4.69) is 45.2 Å². The van der Waals surface area contributed by atoms with Crippen LogP contribution in [0.4, 0.5) is 5.82 Å². The number of para-hydroxylation sites is 2. The minimum atomic E-state index is -0.519. The predicted molar refractivity (Wildman–Crippen MR) is 133 cm³/mol. The number of aromatic amines is 1. The third-order valence-corrected chi connectivity index (χ3v) is 7.27. The number of hydrogen-bond donors (Lipinski definition) is 1. The van der Waals surface area contributed by atoms with Crippen LogP contribution in [0.25, 0.3) is 16.7 Å². The molecule has 0 aliphatic carbocycles. The molecule has 0 aliphatic heterocycles. The minimum absolute atomic E-state index is 0.192. The Kier molecular flexibility index (Phi) is 6.37. The smallest absolute Gasteiger partial charge is 0.368 e. The summed E-state index contributed by atoms with van der Waals surface area (Å²) in [6.45, 7) is 2.55. The van der Waals surface area contributed by atoms with Gasteiger partial charge in [-0.1, -0.05) is 40.5 Å². The summed E-state index contributed by atoms with van der Waals surface area (Å²) in [5.41, 5.74) is 4.92. The van der Waals surface area contributed by atoms with Crippen molar-refractivity contribution in [2.45, 2.75) is 22.7 Å². The van der Waals surface area contributed by atoms with Crippen molar-refractivity contribution in [1.82, 2.24) is 24.6 Å². The van der Waals surface area contributed by atoms with Crippen molar-refractivity contribution in [2.24, 2.45) is 0 Å².